The fourth-order valence-electron chi connectivity index (χ4n) is 3.25. The van der Waals surface area contributed by atoms with Crippen LogP contribution in [0.25, 0.3) is 0 Å². The quantitative estimate of drug-likeness (QED) is 0.548. The molecule has 1 saturated heterocycles. The molecule has 5 heteroatoms. The fraction of sp³-hybridized carbons (Fsp3) is 0.333. The second-order valence-electron chi connectivity index (χ2n) is 6.36. The molecule has 1 atom stereocenters. The van der Waals surface area contributed by atoms with E-state index in [2.05, 4.69) is 6.92 Å². The van der Waals surface area contributed by atoms with Gasteiger partial charge >= 0.3 is 6.03 Å². The van der Waals surface area contributed by atoms with Crippen LogP contribution in [0.3, 0.4) is 0 Å². The first-order chi connectivity index (χ1) is 12.7. The van der Waals surface area contributed by atoms with E-state index in [1.165, 1.54) is 4.90 Å². The predicted molar refractivity (Wildman–Crippen MR) is 101 cm³/mol. The van der Waals surface area contributed by atoms with Crippen LogP contribution in [0.4, 0.5) is 10.5 Å². The van der Waals surface area contributed by atoms with Crippen LogP contribution in [-0.4, -0.2) is 30.5 Å². The summed E-state index contributed by atoms with van der Waals surface area (Å²) < 4.78 is 5.20. The minimum Gasteiger partial charge on any atom is -0.497 e. The minimum absolute atomic E-state index is 0.159. The minimum atomic E-state index is -0.626. The Balaban J connectivity index is 1.96. The van der Waals surface area contributed by atoms with Crippen molar-refractivity contribution in [3.63, 3.8) is 0 Å². The highest BCUT2D eigenvalue weighted by molar-refractivity contribution is 6.14. The first kappa shape index (κ1) is 18.0. The van der Waals surface area contributed by atoms with Gasteiger partial charge in [-0.1, -0.05) is 50.1 Å². The number of anilines is 1. The third-order valence-electron chi connectivity index (χ3n) is 4.65. The smallest absolute Gasteiger partial charge is 0.332 e. The topological polar surface area (TPSA) is 49.9 Å². The molecule has 1 aliphatic rings. The Morgan fingerprint density at radius 3 is 2.27 bits per heavy atom. The van der Waals surface area contributed by atoms with Gasteiger partial charge in [-0.25, -0.2) is 4.79 Å². The Hall–Kier alpha value is -2.82. The molecule has 0 spiro atoms. The van der Waals surface area contributed by atoms with Gasteiger partial charge in [-0.15, -0.1) is 0 Å². The van der Waals surface area contributed by atoms with E-state index in [0.29, 0.717) is 18.0 Å². The molecule has 0 N–H and O–H groups in total. The van der Waals surface area contributed by atoms with Crippen molar-refractivity contribution in [2.45, 2.75) is 32.2 Å². The van der Waals surface area contributed by atoms with Crippen molar-refractivity contribution in [2.24, 2.45) is 0 Å². The van der Waals surface area contributed by atoms with Gasteiger partial charge in [-0.2, -0.15) is 0 Å². The Morgan fingerprint density at radius 1 is 0.962 bits per heavy atom. The van der Waals surface area contributed by atoms with Crippen LogP contribution in [0.1, 0.15) is 37.8 Å². The van der Waals surface area contributed by atoms with Gasteiger partial charge in [0.25, 0.3) is 5.91 Å². The second-order valence-corrected chi connectivity index (χ2v) is 6.36. The summed E-state index contributed by atoms with van der Waals surface area (Å²) in [6.45, 7) is 2.56. The second kappa shape index (κ2) is 8.04. The van der Waals surface area contributed by atoms with E-state index in [1.807, 2.05) is 42.5 Å². The highest BCUT2D eigenvalue weighted by atomic mass is 16.5. The molecule has 5 nitrogen and oxygen atoms in total. The first-order valence-electron chi connectivity index (χ1n) is 9.01. The zero-order valence-electron chi connectivity index (χ0n) is 15.2. The summed E-state index contributed by atoms with van der Waals surface area (Å²) >= 11 is 0. The summed E-state index contributed by atoms with van der Waals surface area (Å²) in [5.74, 6) is 0.552. The number of amides is 3. The lowest BCUT2D eigenvalue weighted by molar-refractivity contribution is -0.127. The van der Waals surface area contributed by atoms with Crippen molar-refractivity contribution >= 4 is 17.6 Å². The molecule has 26 heavy (non-hydrogen) atoms. The van der Waals surface area contributed by atoms with Crippen molar-refractivity contribution in [3.05, 3.63) is 60.2 Å². The molecule has 1 fully saturated rings. The Morgan fingerprint density at radius 2 is 1.65 bits per heavy atom. The van der Waals surface area contributed by atoms with Crippen molar-refractivity contribution in [1.82, 2.24) is 4.90 Å². The lowest BCUT2D eigenvalue weighted by atomic mass is 10.1. The number of hydrogen-bond donors (Lipinski definition) is 0. The fourth-order valence-corrected chi connectivity index (χ4v) is 3.25. The van der Waals surface area contributed by atoms with Gasteiger partial charge in [0.15, 0.2) is 0 Å². The number of carbonyl (C=O) groups excluding carboxylic acids is 2. The van der Waals surface area contributed by atoms with Crippen molar-refractivity contribution in [1.29, 1.82) is 0 Å². The zero-order chi connectivity index (χ0) is 18.5. The maximum absolute atomic E-state index is 13.1. The highest BCUT2D eigenvalue weighted by Crippen LogP contribution is 2.36. The Labute approximate surface area is 154 Å². The van der Waals surface area contributed by atoms with Gasteiger partial charge in [0, 0.05) is 12.2 Å². The number of unbranched alkanes of at least 4 members (excludes halogenated alkanes) is 2. The van der Waals surface area contributed by atoms with Crippen LogP contribution in [0.5, 0.6) is 5.75 Å². The van der Waals surface area contributed by atoms with E-state index in [1.54, 1.807) is 24.1 Å². The molecular weight excluding hydrogens is 328 g/mol. The highest BCUT2D eigenvalue weighted by Gasteiger charge is 2.46. The normalized spacial score (nSPS) is 17.1. The van der Waals surface area contributed by atoms with Crippen LogP contribution in [0.15, 0.2) is 54.6 Å². The molecule has 1 heterocycles. The molecule has 0 bridgehead atoms. The monoisotopic (exact) mass is 352 g/mol. The molecule has 0 saturated carbocycles. The summed E-state index contributed by atoms with van der Waals surface area (Å²) in [7, 11) is 1.60. The molecule has 0 aromatic heterocycles. The average molecular weight is 352 g/mol. The maximum atomic E-state index is 13.1. The van der Waals surface area contributed by atoms with Gasteiger partial charge in [0.1, 0.15) is 11.8 Å². The third-order valence-corrected chi connectivity index (χ3v) is 4.65. The molecule has 2 aromatic carbocycles. The molecule has 0 radical (unpaired) electrons. The van der Waals surface area contributed by atoms with E-state index in [9.17, 15) is 9.59 Å². The number of methoxy groups -OCH3 is 1. The summed E-state index contributed by atoms with van der Waals surface area (Å²) in [5, 5.41) is 0. The molecule has 3 rings (SSSR count). The molecule has 1 aliphatic heterocycles. The number of benzene rings is 2. The molecular formula is C21H24N2O3. The van der Waals surface area contributed by atoms with Crippen molar-refractivity contribution in [3.8, 4) is 5.75 Å². The summed E-state index contributed by atoms with van der Waals surface area (Å²) in [5.41, 5.74) is 1.51. The molecule has 3 amide bonds. The van der Waals surface area contributed by atoms with E-state index in [4.69, 9.17) is 4.74 Å². The van der Waals surface area contributed by atoms with Crippen LogP contribution in [-0.2, 0) is 4.79 Å². The van der Waals surface area contributed by atoms with E-state index >= 15 is 0 Å². The number of nitrogens with zero attached hydrogens (tertiary/aromatic N) is 2. The van der Waals surface area contributed by atoms with Gasteiger partial charge in [-0.05, 0) is 36.2 Å². The number of imide groups is 1. The van der Waals surface area contributed by atoms with E-state index in [-0.39, 0.29) is 11.9 Å². The van der Waals surface area contributed by atoms with Gasteiger partial charge < -0.3 is 4.74 Å². The van der Waals surface area contributed by atoms with E-state index in [0.717, 1.165) is 24.8 Å². The summed E-state index contributed by atoms with van der Waals surface area (Å²) in [4.78, 5) is 29.1. The Bertz CT molecular complexity index is 759. The SMILES string of the molecule is CCCCCN1C(=O)C(c2ccccc2)N(c2ccc(OC)cc2)C1=O. The van der Waals surface area contributed by atoms with E-state index < -0.39 is 6.04 Å². The number of carbonyl (C=O) groups is 2. The van der Waals surface area contributed by atoms with Gasteiger partial charge in [0.2, 0.25) is 0 Å². The largest absolute Gasteiger partial charge is 0.497 e. The van der Waals surface area contributed by atoms with Gasteiger partial charge in [-0.3, -0.25) is 14.6 Å². The van der Waals surface area contributed by atoms with Crippen LogP contribution in [0, 0.1) is 0 Å². The number of urea groups is 1. The molecule has 1 unspecified atom stereocenters. The van der Waals surface area contributed by atoms with Crippen molar-refractivity contribution in [2.75, 3.05) is 18.6 Å². The third kappa shape index (κ3) is 3.43. The van der Waals surface area contributed by atoms with Crippen molar-refractivity contribution < 1.29 is 14.3 Å². The summed E-state index contributed by atoms with van der Waals surface area (Å²) in [6, 6.07) is 15.8. The zero-order valence-corrected chi connectivity index (χ0v) is 15.2. The predicted octanol–water partition coefficient (Wildman–Crippen LogP) is 4.40. The molecule has 136 valence electrons. The standard InChI is InChI=1S/C21H24N2O3/c1-3-4-8-15-22-20(24)19(16-9-6-5-7-10-16)23(21(22)25)17-11-13-18(26-2)14-12-17/h5-7,9-14,19H,3-4,8,15H2,1-2H3. The van der Waals surface area contributed by atoms with Crippen LogP contribution < -0.4 is 9.64 Å². The van der Waals surface area contributed by atoms with Crippen LogP contribution in [0.2, 0.25) is 0 Å². The number of ether oxygens (including phenoxy) is 1. The lowest BCUT2D eigenvalue weighted by Gasteiger charge is -2.22. The number of rotatable bonds is 7. The average Bonchev–Trinajstić information content (AvgIpc) is 2.93. The first-order valence-corrected chi connectivity index (χ1v) is 9.01. The maximum Gasteiger partial charge on any atom is 0.332 e. The Kier molecular flexibility index (Phi) is 5.56. The summed E-state index contributed by atoms with van der Waals surface area (Å²) in [6.07, 6.45) is 2.86. The van der Waals surface area contributed by atoms with Gasteiger partial charge in [0.05, 0.1) is 7.11 Å². The molecule has 2 aromatic rings. The van der Waals surface area contributed by atoms with Crippen LogP contribution >= 0.6 is 0 Å². The lowest BCUT2D eigenvalue weighted by Crippen LogP contribution is -2.33. The number of hydrogen-bond acceptors (Lipinski definition) is 3. The molecule has 0 aliphatic carbocycles.